The summed E-state index contributed by atoms with van der Waals surface area (Å²) in [6, 6.07) is 6.21. The summed E-state index contributed by atoms with van der Waals surface area (Å²) in [6.07, 6.45) is 3.81. The maximum atomic E-state index is 12.6. The fourth-order valence-electron chi connectivity index (χ4n) is 3.28. The van der Waals surface area contributed by atoms with E-state index >= 15 is 0 Å². The number of benzene rings is 1. The average Bonchev–Trinajstić information content (AvgIpc) is 2.94. The Morgan fingerprint density at radius 1 is 1.46 bits per heavy atom. The van der Waals surface area contributed by atoms with Crippen LogP contribution in [-0.2, 0) is 0 Å². The summed E-state index contributed by atoms with van der Waals surface area (Å²) in [7, 11) is 1.59. The van der Waals surface area contributed by atoms with Gasteiger partial charge in [-0.3, -0.25) is 9.69 Å². The molecule has 1 aromatic heterocycles. The van der Waals surface area contributed by atoms with Crippen LogP contribution in [0.5, 0.6) is 5.75 Å². The van der Waals surface area contributed by atoms with Crippen molar-refractivity contribution in [3.63, 3.8) is 0 Å². The first kappa shape index (κ1) is 17.5. The van der Waals surface area contributed by atoms with E-state index in [0.29, 0.717) is 28.2 Å². The van der Waals surface area contributed by atoms with Crippen LogP contribution in [0.25, 0.3) is 10.1 Å². The number of methoxy groups -OCH3 is 1. The molecule has 1 unspecified atom stereocenters. The van der Waals surface area contributed by atoms with Crippen LogP contribution >= 0.6 is 22.9 Å². The third-order valence-electron chi connectivity index (χ3n) is 4.64. The third-order valence-corrected chi connectivity index (χ3v) is 6.03. The lowest BCUT2D eigenvalue weighted by Gasteiger charge is -2.33. The largest absolute Gasteiger partial charge is 0.494 e. The Bertz CT molecular complexity index is 731. The number of rotatable bonds is 5. The first-order chi connectivity index (χ1) is 11.6. The van der Waals surface area contributed by atoms with Crippen molar-refractivity contribution in [3.8, 4) is 5.75 Å². The minimum atomic E-state index is -0.0752. The Morgan fingerprint density at radius 3 is 3.04 bits per heavy atom. The van der Waals surface area contributed by atoms with Crippen LogP contribution in [0.4, 0.5) is 0 Å². The van der Waals surface area contributed by atoms with Crippen LogP contribution in [0.3, 0.4) is 0 Å². The van der Waals surface area contributed by atoms with Gasteiger partial charge in [-0.15, -0.1) is 11.3 Å². The number of nitrogens with zero attached hydrogens (tertiary/aromatic N) is 1. The third kappa shape index (κ3) is 3.68. The van der Waals surface area contributed by atoms with Crippen molar-refractivity contribution in [2.75, 3.05) is 26.7 Å². The molecule has 1 aliphatic rings. The fourth-order valence-corrected chi connectivity index (χ4v) is 4.52. The number of ether oxygens (including phenoxy) is 1. The molecule has 2 aromatic rings. The van der Waals surface area contributed by atoms with Gasteiger partial charge in [0.2, 0.25) is 0 Å². The normalized spacial score (nSPS) is 18.7. The number of amides is 1. The molecule has 24 heavy (non-hydrogen) atoms. The Labute approximate surface area is 151 Å². The zero-order valence-electron chi connectivity index (χ0n) is 14.1. The van der Waals surface area contributed by atoms with Gasteiger partial charge in [0.1, 0.15) is 10.6 Å². The van der Waals surface area contributed by atoms with E-state index in [4.69, 9.17) is 16.3 Å². The Morgan fingerprint density at radius 2 is 2.29 bits per heavy atom. The quantitative estimate of drug-likeness (QED) is 0.863. The van der Waals surface area contributed by atoms with Gasteiger partial charge >= 0.3 is 0 Å². The van der Waals surface area contributed by atoms with Crippen molar-refractivity contribution < 1.29 is 9.53 Å². The molecule has 2 heterocycles. The smallest absolute Gasteiger partial charge is 0.265 e. The number of fused-ring (bicyclic) bond motifs is 1. The second-order valence-electron chi connectivity index (χ2n) is 6.24. The topological polar surface area (TPSA) is 41.6 Å². The molecule has 4 nitrogen and oxygen atoms in total. The van der Waals surface area contributed by atoms with Crippen LogP contribution in [0, 0.1) is 0 Å². The fraction of sp³-hybridized carbons (Fsp3) is 0.500. The van der Waals surface area contributed by atoms with Gasteiger partial charge in [-0.1, -0.05) is 18.0 Å². The van der Waals surface area contributed by atoms with Crippen molar-refractivity contribution >= 4 is 38.9 Å². The second kappa shape index (κ2) is 7.72. The van der Waals surface area contributed by atoms with Crippen molar-refractivity contribution in [1.29, 1.82) is 0 Å². The highest BCUT2D eigenvalue weighted by Gasteiger charge is 2.21. The molecule has 0 bridgehead atoms. The van der Waals surface area contributed by atoms with Gasteiger partial charge in [0, 0.05) is 34.2 Å². The van der Waals surface area contributed by atoms with E-state index in [1.807, 2.05) is 18.2 Å². The summed E-state index contributed by atoms with van der Waals surface area (Å²) < 4.78 is 6.47. The van der Waals surface area contributed by atoms with E-state index in [1.165, 1.54) is 30.6 Å². The summed E-state index contributed by atoms with van der Waals surface area (Å²) in [6.45, 7) is 4.94. The number of halogens is 1. The van der Waals surface area contributed by atoms with Gasteiger partial charge in [-0.05, 0) is 44.5 Å². The minimum absolute atomic E-state index is 0.0752. The maximum Gasteiger partial charge on any atom is 0.265 e. The van der Waals surface area contributed by atoms with Crippen molar-refractivity contribution in [2.24, 2.45) is 0 Å². The van der Waals surface area contributed by atoms with Gasteiger partial charge in [-0.2, -0.15) is 0 Å². The van der Waals surface area contributed by atoms with Crippen molar-refractivity contribution in [2.45, 2.75) is 32.2 Å². The Hall–Kier alpha value is -1.30. The number of thiophene rings is 1. The molecule has 1 aliphatic heterocycles. The van der Waals surface area contributed by atoms with E-state index in [2.05, 4.69) is 17.1 Å². The predicted molar refractivity (Wildman–Crippen MR) is 101 cm³/mol. The number of nitrogens with one attached hydrogen (secondary N) is 1. The summed E-state index contributed by atoms with van der Waals surface area (Å²) in [5.74, 6) is 0.537. The molecule has 130 valence electrons. The summed E-state index contributed by atoms with van der Waals surface area (Å²) in [5.41, 5.74) is 0. The summed E-state index contributed by atoms with van der Waals surface area (Å²) >= 11 is 7.51. The number of piperidine rings is 1. The number of carbonyl (C=O) groups is 1. The van der Waals surface area contributed by atoms with E-state index in [-0.39, 0.29) is 5.91 Å². The molecule has 1 amide bonds. The average molecular weight is 367 g/mol. The minimum Gasteiger partial charge on any atom is -0.494 e. The lowest BCUT2D eigenvalue weighted by molar-refractivity contribution is 0.0940. The summed E-state index contributed by atoms with van der Waals surface area (Å²) in [5, 5.41) is 4.57. The van der Waals surface area contributed by atoms with E-state index in [9.17, 15) is 4.79 Å². The number of likely N-dealkylation sites (tertiary alicyclic amines) is 1. The van der Waals surface area contributed by atoms with Crippen LogP contribution < -0.4 is 10.1 Å². The summed E-state index contributed by atoms with van der Waals surface area (Å²) in [4.78, 5) is 15.6. The molecular formula is C18H23ClN2O2S. The Balaban J connectivity index is 1.67. The molecule has 1 atom stereocenters. The molecule has 1 saturated heterocycles. The highest BCUT2D eigenvalue weighted by molar-refractivity contribution is 7.21. The van der Waals surface area contributed by atoms with Gasteiger partial charge < -0.3 is 10.1 Å². The molecule has 1 fully saturated rings. The van der Waals surface area contributed by atoms with E-state index < -0.39 is 0 Å². The van der Waals surface area contributed by atoms with Gasteiger partial charge in [-0.25, -0.2) is 0 Å². The van der Waals surface area contributed by atoms with Crippen LogP contribution in [0.15, 0.2) is 18.2 Å². The number of hydrogen-bond acceptors (Lipinski definition) is 4. The SMILES string of the molecule is COc1c(C(=O)NCCN2CCCCC2C)sc2ccc(Cl)cc12. The van der Waals surface area contributed by atoms with Gasteiger partial charge in [0.25, 0.3) is 5.91 Å². The molecule has 1 aromatic carbocycles. The number of hydrogen-bond donors (Lipinski definition) is 1. The monoisotopic (exact) mass is 366 g/mol. The Kier molecular flexibility index (Phi) is 5.64. The lowest BCUT2D eigenvalue weighted by Crippen LogP contribution is -2.42. The molecule has 0 saturated carbocycles. The zero-order chi connectivity index (χ0) is 17.1. The highest BCUT2D eigenvalue weighted by atomic mass is 35.5. The van der Waals surface area contributed by atoms with Crippen LogP contribution in [0.1, 0.15) is 35.9 Å². The van der Waals surface area contributed by atoms with E-state index in [0.717, 1.165) is 23.2 Å². The standard InChI is InChI=1S/C18H23ClN2O2S/c1-12-5-3-4-9-21(12)10-8-20-18(22)17-16(23-2)14-11-13(19)6-7-15(14)24-17/h6-7,11-12H,3-5,8-10H2,1-2H3,(H,20,22). The van der Waals surface area contributed by atoms with Gasteiger partial charge in [0.05, 0.1) is 7.11 Å². The highest BCUT2D eigenvalue weighted by Crippen LogP contribution is 2.38. The maximum absolute atomic E-state index is 12.6. The zero-order valence-corrected chi connectivity index (χ0v) is 15.7. The van der Waals surface area contributed by atoms with Crippen LogP contribution in [-0.4, -0.2) is 43.6 Å². The molecule has 6 heteroatoms. The predicted octanol–water partition coefficient (Wildman–Crippen LogP) is 4.17. The molecule has 3 rings (SSSR count). The molecule has 0 spiro atoms. The van der Waals surface area contributed by atoms with Crippen LogP contribution in [0.2, 0.25) is 5.02 Å². The van der Waals surface area contributed by atoms with Crippen molar-refractivity contribution in [3.05, 3.63) is 28.1 Å². The number of carbonyl (C=O) groups excluding carboxylic acids is 1. The first-order valence-electron chi connectivity index (χ1n) is 8.38. The molecule has 0 aliphatic carbocycles. The van der Waals surface area contributed by atoms with E-state index in [1.54, 1.807) is 7.11 Å². The second-order valence-corrected chi connectivity index (χ2v) is 7.73. The molecular weight excluding hydrogens is 344 g/mol. The van der Waals surface area contributed by atoms with Crippen molar-refractivity contribution in [1.82, 2.24) is 10.2 Å². The van der Waals surface area contributed by atoms with Gasteiger partial charge in [0.15, 0.2) is 0 Å². The molecule has 1 N–H and O–H groups in total. The first-order valence-corrected chi connectivity index (χ1v) is 9.58. The lowest BCUT2D eigenvalue weighted by atomic mass is 10.0. The molecule has 0 radical (unpaired) electrons.